The van der Waals surface area contributed by atoms with E-state index in [2.05, 4.69) is 15.1 Å². The van der Waals surface area contributed by atoms with E-state index in [9.17, 15) is 0 Å². The van der Waals surface area contributed by atoms with Crippen molar-refractivity contribution in [2.24, 2.45) is 5.73 Å². The third-order valence-electron chi connectivity index (χ3n) is 3.26. The Morgan fingerprint density at radius 3 is 2.53 bits per heavy atom. The largest absolute Gasteiger partial charge is 0.384 e. The zero-order valence-corrected chi connectivity index (χ0v) is 12.3. The summed E-state index contributed by atoms with van der Waals surface area (Å²) < 4.78 is 5.19. The number of amidine groups is 1. The van der Waals surface area contributed by atoms with E-state index >= 15 is 0 Å². The van der Waals surface area contributed by atoms with E-state index in [4.69, 9.17) is 15.9 Å². The van der Waals surface area contributed by atoms with E-state index in [1.165, 1.54) is 0 Å². The minimum atomic E-state index is 0.0218. The number of methoxy groups -OCH3 is 1. The first-order chi connectivity index (χ1) is 8.93. The van der Waals surface area contributed by atoms with Crippen molar-refractivity contribution in [2.75, 3.05) is 25.2 Å². The minimum absolute atomic E-state index is 0.0218. The average molecular weight is 265 g/mol. The van der Waals surface area contributed by atoms with Crippen molar-refractivity contribution in [3.05, 3.63) is 16.8 Å². The van der Waals surface area contributed by atoms with E-state index in [1.807, 2.05) is 27.7 Å². The first-order valence-electron chi connectivity index (χ1n) is 6.37. The fraction of sp³-hybridized carbons (Fsp3) is 0.615. The number of hydrogen-bond donors (Lipinski definition) is 2. The van der Waals surface area contributed by atoms with Crippen LogP contribution < -0.4 is 10.6 Å². The number of nitrogens with one attached hydrogen (secondary N) is 1. The Morgan fingerprint density at radius 1 is 1.42 bits per heavy atom. The molecular weight excluding hydrogens is 242 g/mol. The van der Waals surface area contributed by atoms with Gasteiger partial charge in [-0.1, -0.05) is 0 Å². The number of likely N-dealkylation sites (N-methyl/N-ethyl adjacent to an activating group) is 1. The van der Waals surface area contributed by atoms with Crippen LogP contribution in [0.5, 0.6) is 0 Å². The van der Waals surface area contributed by atoms with Crippen LogP contribution in [-0.4, -0.2) is 42.3 Å². The molecule has 0 radical (unpaired) electrons. The SMILES string of the molecule is CCN(c1nnc(C)c(C)c1C(=N)N)C(C)COC. The van der Waals surface area contributed by atoms with Gasteiger partial charge in [-0.05, 0) is 33.3 Å². The van der Waals surface area contributed by atoms with Crippen LogP contribution in [0.4, 0.5) is 5.82 Å². The van der Waals surface area contributed by atoms with Crippen LogP contribution in [0, 0.1) is 19.3 Å². The summed E-state index contributed by atoms with van der Waals surface area (Å²) in [4.78, 5) is 2.06. The van der Waals surface area contributed by atoms with Gasteiger partial charge < -0.3 is 15.4 Å². The smallest absolute Gasteiger partial charge is 0.162 e. The molecule has 19 heavy (non-hydrogen) atoms. The minimum Gasteiger partial charge on any atom is -0.384 e. The summed E-state index contributed by atoms with van der Waals surface area (Å²) in [7, 11) is 1.67. The Balaban J connectivity index is 3.31. The normalized spacial score (nSPS) is 12.3. The van der Waals surface area contributed by atoms with Crippen LogP contribution in [0.25, 0.3) is 0 Å². The summed E-state index contributed by atoms with van der Waals surface area (Å²) in [6.45, 7) is 9.20. The standard InChI is InChI=1S/C13H23N5O/c1-6-18(8(2)7-19-5)13-11(12(14)15)9(3)10(4)16-17-13/h8H,6-7H2,1-5H3,(H3,14,15). The maximum Gasteiger partial charge on any atom is 0.162 e. The van der Waals surface area contributed by atoms with Crippen molar-refractivity contribution >= 4 is 11.7 Å². The van der Waals surface area contributed by atoms with E-state index in [1.54, 1.807) is 7.11 Å². The Hall–Kier alpha value is -1.69. The van der Waals surface area contributed by atoms with Crippen LogP contribution in [0.15, 0.2) is 0 Å². The molecule has 0 bridgehead atoms. The monoisotopic (exact) mass is 265 g/mol. The van der Waals surface area contributed by atoms with Crippen molar-refractivity contribution in [1.82, 2.24) is 10.2 Å². The first kappa shape index (κ1) is 15.4. The van der Waals surface area contributed by atoms with Crippen LogP contribution in [0.3, 0.4) is 0 Å². The molecule has 1 aromatic rings. The van der Waals surface area contributed by atoms with Gasteiger partial charge in [-0.3, -0.25) is 5.41 Å². The number of nitrogens with two attached hydrogens (primary N) is 1. The van der Waals surface area contributed by atoms with Crippen molar-refractivity contribution in [2.45, 2.75) is 33.7 Å². The lowest BCUT2D eigenvalue weighted by Crippen LogP contribution is -2.38. The predicted octanol–water partition coefficient (Wildman–Crippen LogP) is 1.24. The second-order valence-electron chi connectivity index (χ2n) is 4.61. The Labute approximate surface area is 114 Å². The maximum atomic E-state index is 7.78. The Kier molecular flexibility index (Phi) is 5.23. The molecule has 0 spiro atoms. The van der Waals surface area contributed by atoms with Gasteiger partial charge >= 0.3 is 0 Å². The van der Waals surface area contributed by atoms with Gasteiger partial charge in [0.15, 0.2) is 5.82 Å². The van der Waals surface area contributed by atoms with E-state index < -0.39 is 0 Å². The van der Waals surface area contributed by atoms with Gasteiger partial charge in [0.25, 0.3) is 0 Å². The predicted molar refractivity (Wildman–Crippen MR) is 76.9 cm³/mol. The second-order valence-corrected chi connectivity index (χ2v) is 4.61. The lowest BCUT2D eigenvalue weighted by Gasteiger charge is -2.30. The maximum absolute atomic E-state index is 7.78. The highest BCUT2D eigenvalue weighted by molar-refractivity contribution is 6.01. The molecule has 1 unspecified atom stereocenters. The summed E-state index contributed by atoms with van der Waals surface area (Å²) in [6.07, 6.45) is 0. The topological polar surface area (TPSA) is 88.1 Å². The highest BCUT2D eigenvalue weighted by Gasteiger charge is 2.22. The van der Waals surface area contributed by atoms with Crippen molar-refractivity contribution in [3.63, 3.8) is 0 Å². The second kappa shape index (κ2) is 6.47. The zero-order chi connectivity index (χ0) is 14.6. The third-order valence-corrected chi connectivity index (χ3v) is 3.26. The van der Waals surface area contributed by atoms with Crippen molar-refractivity contribution in [1.29, 1.82) is 5.41 Å². The summed E-state index contributed by atoms with van der Waals surface area (Å²) in [5.41, 5.74) is 8.07. The fourth-order valence-corrected chi connectivity index (χ4v) is 2.12. The molecule has 0 aliphatic rings. The highest BCUT2D eigenvalue weighted by Crippen LogP contribution is 2.23. The molecule has 0 aliphatic heterocycles. The molecule has 3 N–H and O–H groups in total. The molecule has 0 saturated heterocycles. The van der Waals surface area contributed by atoms with E-state index in [0.717, 1.165) is 17.8 Å². The van der Waals surface area contributed by atoms with E-state index in [0.29, 0.717) is 18.0 Å². The van der Waals surface area contributed by atoms with Crippen molar-refractivity contribution in [3.8, 4) is 0 Å². The molecule has 6 nitrogen and oxygen atoms in total. The van der Waals surface area contributed by atoms with Crippen LogP contribution in [-0.2, 0) is 4.74 Å². The van der Waals surface area contributed by atoms with Crippen molar-refractivity contribution < 1.29 is 4.74 Å². The molecule has 1 aromatic heterocycles. The van der Waals surface area contributed by atoms with Gasteiger partial charge in [-0.2, -0.15) is 5.10 Å². The number of hydrogen-bond acceptors (Lipinski definition) is 5. The fourth-order valence-electron chi connectivity index (χ4n) is 2.12. The summed E-state index contributed by atoms with van der Waals surface area (Å²) in [5.74, 6) is 0.677. The molecule has 0 aliphatic carbocycles. The number of nitrogen functional groups attached to an aromatic ring is 1. The number of nitrogens with zero attached hydrogens (tertiary/aromatic N) is 3. The number of ether oxygens (including phenoxy) is 1. The third kappa shape index (κ3) is 3.20. The molecule has 0 amide bonds. The average Bonchev–Trinajstić information content (AvgIpc) is 2.34. The quantitative estimate of drug-likeness (QED) is 0.597. The molecule has 1 rings (SSSR count). The molecule has 0 saturated carbocycles. The van der Waals surface area contributed by atoms with Gasteiger partial charge in [0.1, 0.15) is 5.84 Å². The van der Waals surface area contributed by atoms with Crippen LogP contribution >= 0.6 is 0 Å². The molecule has 6 heteroatoms. The summed E-state index contributed by atoms with van der Waals surface area (Å²) in [5, 5.41) is 16.2. The van der Waals surface area contributed by atoms with Gasteiger partial charge in [-0.15, -0.1) is 5.10 Å². The van der Waals surface area contributed by atoms with Crippen LogP contribution in [0.2, 0.25) is 0 Å². The number of aryl methyl sites for hydroxylation is 1. The molecule has 1 heterocycles. The zero-order valence-electron chi connectivity index (χ0n) is 12.3. The molecule has 0 fully saturated rings. The van der Waals surface area contributed by atoms with Gasteiger partial charge in [0.05, 0.1) is 23.9 Å². The molecular formula is C13H23N5O. The Morgan fingerprint density at radius 2 is 2.05 bits per heavy atom. The first-order valence-corrected chi connectivity index (χ1v) is 6.37. The van der Waals surface area contributed by atoms with Gasteiger partial charge in [0.2, 0.25) is 0 Å². The highest BCUT2D eigenvalue weighted by atomic mass is 16.5. The Bertz CT molecular complexity index is 461. The van der Waals surface area contributed by atoms with E-state index in [-0.39, 0.29) is 11.9 Å². The lowest BCUT2D eigenvalue weighted by molar-refractivity contribution is 0.181. The number of aromatic nitrogens is 2. The lowest BCUT2D eigenvalue weighted by atomic mass is 10.1. The molecule has 0 aromatic carbocycles. The summed E-state index contributed by atoms with van der Waals surface area (Å²) >= 11 is 0. The number of anilines is 1. The molecule has 106 valence electrons. The van der Waals surface area contributed by atoms with Gasteiger partial charge in [-0.25, -0.2) is 0 Å². The number of rotatable bonds is 6. The summed E-state index contributed by atoms with van der Waals surface area (Å²) in [6, 6.07) is 0.143. The van der Waals surface area contributed by atoms with Crippen LogP contribution in [0.1, 0.15) is 30.7 Å². The van der Waals surface area contributed by atoms with Gasteiger partial charge in [0, 0.05) is 13.7 Å². The molecule has 1 atom stereocenters.